The summed E-state index contributed by atoms with van der Waals surface area (Å²) in [4.78, 5) is 27.6. The summed E-state index contributed by atoms with van der Waals surface area (Å²) >= 11 is 0. The van der Waals surface area contributed by atoms with Crippen LogP contribution < -0.4 is 0 Å². The summed E-state index contributed by atoms with van der Waals surface area (Å²) in [5, 5.41) is 0. The summed E-state index contributed by atoms with van der Waals surface area (Å²) in [5.41, 5.74) is -1.09. The van der Waals surface area contributed by atoms with Crippen molar-refractivity contribution in [1.82, 2.24) is 9.80 Å². The molecule has 0 saturated carbocycles. The molecule has 1 aromatic carbocycles. The van der Waals surface area contributed by atoms with Gasteiger partial charge in [-0.2, -0.15) is 13.2 Å². The Bertz CT molecular complexity index is 689. The number of carbonyl (C=O) groups is 2. The maximum atomic E-state index is 13.5. The van der Waals surface area contributed by atoms with E-state index in [0.717, 1.165) is 18.6 Å². The van der Waals surface area contributed by atoms with Crippen LogP contribution in [0.25, 0.3) is 0 Å². The molecule has 2 aliphatic heterocycles. The maximum absolute atomic E-state index is 13.5. The van der Waals surface area contributed by atoms with Gasteiger partial charge >= 0.3 is 6.18 Å². The summed E-state index contributed by atoms with van der Waals surface area (Å²) < 4.78 is 51.9. The number of halogens is 4. The Morgan fingerprint density at radius 2 is 1.88 bits per heavy atom. The third kappa shape index (κ3) is 2.85. The van der Waals surface area contributed by atoms with Crippen molar-refractivity contribution in [1.29, 1.82) is 0 Å². The van der Waals surface area contributed by atoms with E-state index in [0.29, 0.717) is 19.0 Å². The number of fused-ring (bicyclic) bond motifs is 1. The fourth-order valence-electron chi connectivity index (χ4n) is 3.36. The SMILES string of the molecule is C[C@H]1C(=O)N2CCC[C@@H]2C(=O)N1Cc1cc(F)cc(C(F)(F)F)c1. The monoisotopic (exact) mass is 344 g/mol. The minimum absolute atomic E-state index is 0.0155. The minimum atomic E-state index is -4.67. The zero-order chi connectivity index (χ0) is 17.6. The molecule has 0 bridgehead atoms. The summed E-state index contributed by atoms with van der Waals surface area (Å²) in [6, 6.07) is 0.859. The number of piperazine rings is 1. The van der Waals surface area contributed by atoms with Crippen molar-refractivity contribution in [3.05, 3.63) is 35.1 Å². The lowest BCUT2D eigenvalue weighted by atomic mass is 10.0. The third-order valence-electron chi connectivity index (χ3n) is 4.57. The van der Waals surface area contributed by atoms with Crippen LogP contribution in [0.2, 0.25) is 0 Å². The molecule has 0 aliphatic carbocycles. The van der Waals surface area contributed by atoms with Crippen LogP contribution in [-0.2, 0) is 22.3 Å². The van der Waals surface area contributed by atoms with E-state index in [1.807, 2.05) is 0 Å². The third-order valence-corrected chi connectivity index (χ3v) is 4.57. The molecule has 0 spiro atoms. The van der Waals surface area contributed by atoms with Crippen LogP contribution in [0.4, 0.5) is 17.6 Å². The van der Waals surface area contributed by atoms with Crippen molar-refractivity contribution in [3.63, 3.8) is 0 Å². The Morgan fingerprint density at radius 1 is 1.17 bits per heavy atom. The number of alkyl halides is 3. The Hall–Kier alpha value is -2.12. The molecule has 2 atom stereocenters. The predicted octanol–water partition coefficient (Wildman–Crippen LogP) is 2.57. The first kappa shape index (κ1) is 16.7. The van der Waals surface area contributed by atoms with Crippen molar-refractivity contribution in [2.75, 3.05) is 6.54 Å². The number of hydrogen-bond donors (Lipinski definition) is 0. The van der Waals surface area contributed by atoms with Crippen LogP contribution >= 0.6 is 0 Å². The molecule has 2 fully saturated rings. The molecule has 24 heavy (non-hydrogen) atoms. The highest BCUT2D eigenvalue weighted by Gasteiger charge is 2.46. The first-order valence-corrected chi connectivity index (χ1v) is 7.66. The van der Waals surface area contributed by atoms with Crippen molar-refractivity contribution < 1.29 is 27.2 Å². The van der Waals surface area contributed by atoms with Gasteiger partial charge in [0.1, 0.15) is 17.9 Å². The van der Waals surface area contributed by atoms with Gasteiger partial charge < -0.3 is 9.80 Å². The van der Waals surface area contributed by atoms with Crippen molar-refractivity contribution in [2.24, 2.45) is 0 Å². The van der Waals surface area contributed by atoms with Crippen LogP contribution in [0.3, 0.4) is 0 Å². The molecule has 2 aliphatic rings. The van der Waals surface area contributed by atoms with Crippen LogP contribution in [0, 0.1) is 5.82 Å². The molecule has 2 saturated heterocycles. The molecule has 3 rings (SSSR count). The van der Waals surface area contributed by atoms with Gasteiger partial charge in [-0.1, -0.05) is 0 Å². The van der Waals surface area contributed by atoms with Gasteiger partial charge in [-0.05, 0) is 43.5 Å². The lowest BCUT2D eigenvalue weighted by Gasteiger charge is -2.41. The quantitative estimate of drug-likeness (QED) is 0.774. The standard InChI is InChI=1S/C16H16F4N2O2/c1-9-14(23)21-4-2-3-13(21)15(24)22(9)8-10-5-11(16(18,19)20)7-12(17)6-10/h5-7,9,13H,2-4,8H2,1H3/t9-,13+/m0/s1. The zero-order valence-corrected chi connectivity index (χ0v) is 12.9. The number of hydrogen-bond acceptors (Lipinski definition) is 2. The van der Waals surface area contributed by atoms with Gasteiger partial charge in [0, 0.05) is 13.1 Å². The fraction of sp³-hybridized carbons (Fsp3) is 0.500. The lowest BCUT2D eigenvalue weighted by Crippen LogP contribution is -2.61. The van der Waals surface area contributed by atoms with Gasteiger partial charge in [0.25, 0.3) is 0 Å². The molecule has 4 nitrogen and oxygen atoms in total. The van der Waals surface area contributed by atoms with E-state index in [1.54, 1.807) is 6.92 Å². The molecule has 8 heteroatoms. The second kappa shape index (κ2) is 5.75. The van der Waals surface area contributed by atoms with Gasteiger partial charge in [0.15, 0.2) is 0 Å². The molecule has 130 valence electrons. The Balaban J connectivity index is 1.89. The van der Waals surface area contributed by atoms with Gasteiger partial charge in [0.2, 0.25) is 11.8 Å². The highest BCUT2D eigenvalue weighted by molar-refractivity contribution is 5.97. The van der Waals surface area contributed by atoms with Crippen molar-refractivity contribution in [3.8, 4) is 0 Å². The highest BCUT2D eigenvalue weighted by atomic mass is 19.4. The van der Waals surface area contributed by atoms with Gasteiger partial charge in [0.05, 0.1) is 5.56 Å². The largest absolute Gasteiger partial charge is 0.416 e. The molecule has 2 amide bonds. The van der Waals surface area contributed by atoms with E-state index < -0.39 is 29.6 Å². The molecular weight excluding hydrogens is 328 g/mol. The lowest BCUT2D eigenvalue weighted by molar-refractivity contribution is -0.159. The number of carbonyl (C=O) groups excluding carboxylic acids is 2. The smallest absolute Gasteiger partial charge is 0.329 e. The average molecular weight is 344 g/mol. The molecule has 0 N–H and O–H groups in total. The van der Waals surface area contributed by atoms with E-state index in [4.69, 9.17) is 0 Å². The van der Waals surface area contributed by atoms with Crippen LogP contribution in [0.5, 0.6) is 0 Å². The summed E-state index contributed by atoms with van der Waals surface area (Å²) in [6.07, 6.45) is -3.40. The fourth-order valence-corrected chi connectivity index (χ4v) is 3.36. The van der Waals surface area contributed by atoms with E-state index in [-0.39, 0.29) is 23.9 Å². The summed E-state index contributed by atoms with van der Waals surface area (Å²) in [5.74, 6) is -1.53. The Kier molecular flexibility index (Phi) is 4.01. The number of nitrogens with zero attached hydrogens (tertiary/aromatic N) is 2. The van der Waals surface area contributed by atoms with Crippen molar-refractivity contribution >= 4 is 11.8 Å². The summed E-state index contributed by atoms with van der Waals surface area (Å²) in [6.45, 7) is 1.83. The molecular formula is C16H16F4N2O2. The number of rotatable bonds is 2. The molecule has 0 radical (unpaired) electrons. The molecule has 2 heterocycles. The van der Waals surface area contributed by atoms with Crippen LogP contribution in [-0.4, -0.2) is 40.2 Å². The molecule has 1 aromatic rings. The van der Waals surface area contributed by atoms with Gasteiger partial charge in [-0.25, -0.2) is 4.39 Å². The minimum Gasteiger partial charge on any atom is -0.329 e. The number of amides is 2. The number of benzene rings is 1. The van der Waals surface area contributed by atoms with Gasteiger partial charge in [-0.3, -0.25) is 9.59 Å². The Morgan fingerprint density at radius 3 is 2.54 bits per heavy atom. The van der Waals surface area contributed by atoms with Crippen molar-refractivity contribution in [2.45, 2.75) is 44.6 Å². The topological polar surface area (TPSA) is 40.6 Å². The predicted molar refractivity (Wildman–Crippen MR) is 76.1 cm³/mol. The zero-order valence-electron chi connectivity index (χ0n) is 12.9. The van der Waals surface area contributed by atoms with E-state index in [9.17, 15) is 27.2 Å². The highest BCUT2D eigenvalue weighted by Crippen LogP contribution is 2.32. The van der Waals surface area contributed by atoms with Gasteiger partial charge in [-0.15, -0.1) is 0 Å². The Labute approximate surface area is 136 Å². The first-order chi connectivity index (χ1) is 11.2. The molecule has 0 unspecified atom stereocenters. The second-order valence-electron chi connectivity index (χ2n) is 6.18. The normalized spacial score (nSPS) is 24.5. The first-order valence-electron chi connectivity index (χ1n) is 7.66. The summed E-state index contributed by atoms with van der Waals surface area (Å²) in [7, 11) is 0. The maximum Gasteiger partial charge on any atom is 0.416 e. The van der Waals surface area contributed by atoms with Crippen LogP contribution in [0.1, 0.15) is 30.9 Å². The van der Waals surface area contributed by atoms with E-state index in [1.165, 1.54) is 9.80 Å². The average Bonchev–Trinajstić information content (AvgIpc) is 2.98. The van der Waals surface area contributed by atoms with E-state index >= 15 is 0 Å². The molecule has 0 aromatic heterocycles. The van der Waals surface area contributed by atoms with E-state index in [2.05, 4.69) is 0 Å². The van der Waals surface area contributed by atoms with Crippen LogP contribution in [0.15, 0.2) is 18.2 Å². The second-order valence-corrected chi connectivity index (χ2v) is 6.18.